The first-order chi connectivity index (χ1) is 9.40. The van der Waals surface area contributed by atoms with Crippen LogP contribution in [0.25, 0.3) is 0 Å². The van der Waals surface area contributed by atoms with Crippen molar-refractivity contribution in [1.29, 1.82) is 5.26 Å². The molecular weight excluding hydrogens is 296 g/mol. The zero-order valence-electron chi connectivity index (χ0n) is 11.6. The Morgan fingerprint density at radius 1 is 1.35 bits per heavy atom. The summed E-state index contributed by atoms with van der Waals surface area (Å²) in [4.78, 5) is 4.63. The van der Waals surface area contributed by atoms with Crippen molar-refractivity contribution in [3.63, 3.8) is 0 Å². The standard InChI is InChI=1S/C12H18N4O2S2/c1-3-20(17,18)11-10(14)9(8-13)19-12(11)16-6-4-15(2)5-7-16/h3-7,14H2,1-2H3. The number of thiophene rings is 1. The van der Waals surface area contributed by atoms with Crippen LogP contribution in [0.4, 0.5) is 10.7 Å². The minimum Gasteiger partial charge on any atom is -0.396 e. The van der Waals surface area contributed by atoms with Gasteiger partial charge >= 0.3 is 0 Å². The third kappa shape index (κ3) is 2.61. The van der Waals surface area contributed by atoms with Gasteiger partial charge in [0.05, 0.1) is 11.4 Å². The number of sulfone groups is 1. The van der Waals surface area contributed by atoms with Crippen molar-refractivity contribution in [3.8, 4) is 6.07 Å². The van der Waals surface area contributed by atoms with Crippen LogP contribution in [0.15, 0.2) is 4.90 Å². The lowest BCUT2D eigenvalue weighted by Crippen LogP contribution is -2.44. The van der Waals surface area contributed by atoms with Crippen molar-refractivity contribution in [3.05, 3.63) is 4.88 Å². The van der Waals surface area contributed by atoms with E-state index in [0.29, 0.717) is 5.00 Å². The van der Waals surface area contributed by atoms with Crippen molar-refractivity contribution < 1.29 is 8.42 Å². The van der Waals surface area contributed by atoms with Crippen LogP contribution in [-0.2, 0) is 9.84 Å². The summed E-state index contributed by atoms with van der Waals surface area (Å²) >= 11 is 1.18. The van der Waals surface area contributed by atoms with E-state index < -0.39 is 9.84 Å². The minimum atomic E-state index is -3.43. The highest BCUT2D eigenvalue weighted by Gasteiger charge is 2.30. The molecular formula is C12H18N4O2S2. The maximum Gasteiger partial charge on any atom is 0.183 e. The molecule has 0 unspecified atom stereocenters. The van der Waals surface area contributed by atoms with Crippen LogP contribution in [0, 0.1) is 11.3 Å². The SMILES string of the molecule is CCS(=O)(=O)c1c(N2CCN(C)CC2)sc(C#N)c1N. The van der Waals surface area contributed by atoms with Gasteiger partial charge < -0.3 is 15.5 Å². The first-order valence-electron chi connectivity index (χ1n) is 6.39. The molecule has 1 fully saturated rings. The first-order valence-corrected chi connectivity index (χ1v) is 8.86. The molecule has 2 rings (SSSR count). The average Bonchev–Trinajstić information content (AvgIpc) is 2.77. The maximum atomic E-state index is 12.3. The van der Waals surface area contributed by atoms with E-state index in [1.54, 1.807) is 6.92 Å². The predicted molar refractivity (Wildman–Crippen MR) is 80.9 cm³/mol. The molecule has 2 N–H and O–H groups in total. The summed E-state index contributed by atoms with van der Waals surface area (Å²) in [7, 11) is -1.40. The molecule has 2 heterocycles. The Kier molecular flexibility index (Phi) is 4.22. The maximum absolute atomic E-state index is 12.3. The fourth-order valence-electron chi connectivity index (χ4n) is 2.16. The number of piperazine rings is 1. The van der Waals surface area contributed by atoms with Gasteiger partial charge in [0.1, 0.15) is 20.8 Å². The van der Waals surface area contributed by atoms with Gasteiger partial charge in [0.2, 0.25) is 0 Å². The fourth-order valence-corrected chi connectivity index (χ4v) is 4.82. The van der Waals surface area contributed by atoms with Crippen molar-refractivity contribution >= 4 is 31.9 Å². The van der Waals surface area contributed by atoms with Gasteiger partial charge in [-0.3, -0.25) is 0 Å². The molecule has 1 aliphatic rings. The summed E-state index contributed by atoms with van der Waals surface area (Å²) in [6.07, 6.45) is 0. The number of nitrogen functional groups attached to an aromatic ring is 1. The number of rotatable bonds is 3. The summed E-state index contributed by atoms with van der Waals surface area (Å²) < 4.78 is 24.5. The molecule has 1 aliphatic heterocycles. The van der Waals surface area contributed by atoms with Crippen LogP contribution in [0.2, 0.25) is 0 Å². The van der Waals surface area contributed by atoms with Gasteiger partial charge in [0.15, 0.2) is 9.84 Å². The second-order valence-electron chi connectivity index (χ2n) is 4.78. The van der Waals surface area contributed by atoms with Gasteiger partial charge in [-0.25, -0.2) is 8.42 Å². The molecule has 1 aromatic heterocycles. The highest BCUT2D eigenvalue weighted by atomic mass is 32.2. The molecule has 0 aliphatic carbocycles. The van der Waals surface area contributed by atoms with Crippen LogP contribution >= 0.6 is 11.3 Å². The molecule has 6 nitrogen and oxygen atoms in total. The molecule has 0 aromatic carbocycles. The molecule has 0 amide bonds. The van der Waals surface area contributed by atoms with E-state index in [1.807, 2.05) is 18.0 Å². The monoisotopic (exact) mass is 314 g/mol. The molecule has 110 valence electrons. The van der Waals surface area contributed by atoms with E-state index in [0.717, 1.165) is 26.2 Å². The van der Waals surface area contributed by atoms with Crippen LogP contribution in [0.3, 0.4) is 0 Å². The highest BCUT2D eigenvalue weighted by Crippen LogP contribution is 2.41. The number of anilines is 2. The molecule has 20 heavy (non-hydrogen) atoms. The number of nitrogens with zero attached hydrogens (tertiary/aromatic N) is 3. The summed E-state index contributed by atoms with van der Waals surface area (Å²) in [5.41, 5.74) is 5.99. The smallest absolute Gasteiger partial charge is 0.183 e. The normalized spacial score (nSPS) is 17.1. The van der Waals surface area contributed by atoms with E-state index >= 15 is 0 Å². The minimum absolute atomic E-state index is 0.0143. The third-order valence-electron chi connectivity index (χ3n) is 3.47. The van der Waals surface area contributed by atoms with Crippen molar-refractivity contribution in [1.82, 2.24) is 4.90 Å². The highest BCUT2D eigenvalue weighted by molar-refractivity contribution is 7.91. The quantitative estimate of drug-likeness (QED) is 0.885. The Balaban J connectivity index is 2.50. The Hall–Kier alpha value is -1.30. The van der Waals surface area contributed by atoms with Gasteiger partial charge in [-0.05, 0) is 7.05 Å². The summed E-state index contributed by atoms with van der Waals surface area (Å²) in [5, 5.41) is 9.71. The molecule has 0 radical (unpaired) electrons. The van der Waals surface area contributed by atoms with Gasteiger partial charge in [-0.15, -0.1) is 11.3 Å². The van der Waals surface area contributed by atoms with Crippen LogP contribution in [0.1, 0.15) is 11.8 Å². The van der Waals surface area contributed by atoms with Crippen LogP contribution in [-0.4, -0.2) is 52.3 Å². The van der Waals surface area contributed by atoms with Gasteiger partial charge in [0, 0.05) is 26.2 Å². The molecule has 0 saturated carbocycles. The summed E-state index contributed by atoms with van der Waals surface area (Å²) in [6, 6.07) is 1.99. The van der Waals surface area contributed by atoms with Crippen molar-refractivity contribution in [2.75, 3.05) is 49.6 Å². The Bertz CT molecular complexity index is 637. The molecule has 8 heteroatoms. The Labute approximate surface area is 123 Å². The predicted octanol–water partition coefficient (Wildman–Crippen LogP) is 0.747. The molecule has 0 bridgehead atoms. The Morgan fingerprint density at radius 2 is 1.95 bits per heavy atom. The van der Waals surface area contributed by atoms with E-state index in [4.69, 9.17) is 11.0 Å². The van der Waals surface area contributed by atoms with Gasteiger partial charge in [0.25, 0.3) is 0 Å². The van der Waals surface area contributed by atoms with E-state index in [1.165, 1.54) is 11.3 Å². The zero-order valence-corrected chi connectivity index (χ0v) is 13.2. The van der Waals surface area contributed by atoms with E-state index in [9.17, 15) is 8.42 Å². The third-order valence-corrected chi connectivity index (χ3v) is 6.56. The van der Waals surface area contributed by atoms with Gasteiger partial charge in [-0.2, -0.15) is 5.26 Å². The molecule has 1 aromatic rings. The van der Waals surface area contributed by atoms with Crippen LogP contribution < -0.4 is 10.6 Å². The van der Waals surface area contributed by atoms with E-state index in [2.05, 4.69) is 4.90 Å². The van der Waals surface area contributed by atoms with Crippen molar-refractivity contribution in [2.45, 2.75) is 11.8 Å². The summed E-state index contributed by atoms with van der Waals surface area (Å²) in [5.74, 6) is -0.0143. The number of hydrogen-bond donors (Lipinski definition) is 1. The number of nitrogens with two attached hydrogens (primary N) is 1. The lowest BCUT2D eigenvalue weighted by atomic mass is 10.3. The number of nitriles is 1. The first kappa shape index (κ1) is 15.1. The zero-order chi connectivity index (χ0) is 14.9. The lowest BCUT2D eigenvalue weighted by Gasteiger charge is -2.33. The largest absolute Gasteiger partial charge is 0.396 e. The lowest BCUT2D eigenvalue weighted by molar-refractivity contribution is 0.313. The number of hydrogen-bond acceptors (Lipinski definition) is 7. The van der Waals surface area contributed by atoms with Crippen molar-refractivity contribution in [2.24, 2.45) is 0 Å². The summed E-state index contributed by atoms with van der Waals surface area (Å²) in [6.45, 7) is 4.81. The molecule has 0 spiro atoms. The fraction of sp³-hybridized carbons (Fsp3) is 0.583. The Morgan fingerprint density at radius 3 is 2.45 bits per heavy atom. The topological polar surface area (TPSA) is 90.4 Å². The molecule has 0 atom stereocenters. The average molecular weight is 314 g/mol. The number of likely N-dealkylation sites (N-methyl/N-ethyl adjacent to an activating group) is 1. The van der Waals surface area contributed by atoms with Crippen LogP contribution in [0.5, 0.6) is 0 Å². The molecule has 1 saturated heterocycles. The van der Waals surface area contributed by atoms with Gasteiger partial charge in [-0.1, -0.05) is 6.92 Å². The second-order valence-corrected chi connectivity index (χ2v) is 8.00. The van der Waals surface area contributed by atoms with E-state index in [-0.39, 0.29) is 21.2 Å². The second kappa shape index (κ2) is 5.60.